The van der Waals surface area contributed by atoms with E-state index in [1.807, 2.05) is 0 Å². The molecule has 1 aromatic heterocycles. The van der Waals surface area contributed by atoms with Crippen LogP contribution in [0.5, 0.6) is 0 Å². The molecule has 4 nitrogen and oxygen atoms in total. The Hall–Kier alpha value is -0.200. The van der Waals surface area contributed by atoms with Gasteiger partial charge in [-0.15, -0.1) is 5.10 Å². The predicted octanol–water partition coefficient (Wildman–Crippen LogP) is 1.60. The third kappa shape index (κ3) is 2.72. The van der Waals surface area contributed by atoms with Gasteiger partial charge in [-0.25, -0.2) is 0 Å². The average molecular weight is 266 g/mol. The first kappa shape index (κ1) is 8.89. The number of aromatic nitrogens is 4. The smallest absolute Gasteiger partial charge is 0.162 e. The van der Waals surface area contributed by atoms with E-state index in [-0.39, 0.29) is 0 Å². The van der Waals surface area contributed by atoms with Gasteiger partial charge < -0.3 is 0 Å². The van der Waals surface area contributed by atoms with Crippen molar-refractivity contribution in [1.82, 2.24) is 18.4 Å². The Kier molecular flexibility index (Phi) is 3.74. The zero-order valence-electron chi connectivity index (χ0n) is 6.50. The van der Waals surface area contributed by atoms with E-state index in [4.69, 9.17) is 0 Å². The lowest BCUT2D eigenvalue weighted by atomic mass is 10.2. The number of tetrazole rings is 1. The SMILES string of the molecule is CCCCCc1nnnn1I. The van der Waals surface area contributed by atoms with Gasteiger partial charge in [-0.3, -0.25) is 0 Å². The molecule has 0 aliphatic carbocycles. The molecule has 0 atom stereocenters. The lowest BCUT2D eigenvalue weighted by Crippen LogP contribution is -1.93. The quantitative estimate of drug-likeness (QED) is 0.614. The molecular formula is C6H11IN4. The molecular weight excluding hydrogens is 255 g/mol. The first-order valence-electron chi connectivity index (χ1n) is 3.78. The summed E-state index contributed by atoms with van der Waals surface area (Å²) in [5.41, 5.74) is 0. The Labute approximate surface area is 79.9 Å². The summed E-state index contributed by atoms with van der Waals surface area (Å²) in [6.45, 7) is 2.19. The summed E-state index contributed by atoms with van der Waals surface area (Å²) in [6, 6.07) is 0. The zero-order valence-corrected chi connectivity index (χ0v) is 8.65. The Balaban J connectivity index is 2.32. The summed E-state index contributed by atoms with van der Waals surface area (Å²) >= 11 is 2.09. The molecule has 0 aromatic carbocycles. The van der Waals surface area contributed by atoms with Crippen molar-refractivity contribution >= 4 is 22.9 Å². The van der Waals surface area contributed by atoms with Crippen LogP contribution in [0.15, 0.2) is 0 Å². The van der Waals surface area contributed by atoms with E-state index >= 15 is 0 Å². The van der Waals surface area contributed by atoms with Crippen LogP contribution in [-0.4, -0.2) is 18.4 Å². The number of nitrogens with zero attached hydrogens (tertiary/aromatic N) is 4. The van der Waals surface area contributed by atoms with E-state index in [0.29, 0.717) is 0 Å². The molecule has 62 valence electrons. The molecule has 0 N–H and O–H groups in total. The highest BCUT2D eigenvalue weighted by Crippen LogP contribution is 2.03. The molecule has 0 saturated carbocycles. The molecule has 1 heterocycles. The largest absolute Gasteiger partial charge is 0.168 e. The molecule has 11 heavy (non-hydrogen) atoms. The van der Waals surface area contributed by atoms with Gasteiger partial charge in [-0.1, -0.05) is 19.8 Å². The van der Waals surface area contributed by atoms with Crippen LogP contribution in [0.25, 0.3) is 0 Å². The van der Waals surface area contributed by atoms with Gasteiger partial charge in [0.15, 0.2) is 5.82 Å². The number of hydrogen-bond donors (Lipinski definition) is 0. The fourth-order valence-electron chi connectivity index (χ4n) is 0.871. The van der Waals surface area contributed by atoms with Crippen LogP contribution in [0.4, 0.5) is 0 Å². The average Bonchev–Trinajstić information content (AvgIpc) is 2.37. The first-order chi connectivity index (χ1) is 5.34. The van der Waals surface area contributed by atoms with Crippen molar-refractivity contribution in [2.24, 2.45) is 0 Å². The van der Waals surface area contributed by atoms with Crippen LogP contribution in [0.1, 0.15) is 32.0 Å². The molecule has 0 bridgehead atoms. The molecule has 5 heteroatoms. The maximum atomic E-state index is 3.88. The molecule has 0 spiro atoms. The monoisotopic (exact) mass is 266 g/mol. The van der Waals surface area contributed by atoms with E-state index < -0.39 is 0 Å². The summed E-state index contributed by atoms with van der Waals surface area (Å²) < 4.78 is 1.70. The minimum absolute atomic E-state index is 0.971. The van der Waals surface area contributed by atoms with Crippen molar-refractivity contribution in [3.63, 3.8) is 0 Å². The second-order valence-corrected chi connectivity index (χ2v) is 3.33. The maximum absolute atomic E-state index is 3.88. The second-order valence-electron chi connectivity index (χ2n) is 2.41. The van der Waals surface area contributed by atoms with E-state index in [0.717, 1.165) is 12.2 Å². The summed E-state index contributed by atoms with van der Waals surface area (Å²) in [6.07, 6.45) is 4.66. The van der Waals surface area contributed by atoms with Gasteiger partial charge in [-0.2, -0.15) is 2.90 Å². The first-order valence-corrected chi connectivity index (χ1v) is 4.74. The third-order valence-electron chi connectivity index (χ3n) is 1.50. The minimum atomic E-state index is 0.971. The Morgan fingerprint density at radius 1 is 1.45 bits per heavy atom. The molecule has 0 amide bonds. The van der Waals surface area contributed by atoms with E-state index in [1.54, 1.807) is 2.90 Å². The molecule has 0 radical (unpaired) electrons. The minimum Gasteiger partial charge on any atom is -0.168 e. The van der Waals surface area contributed by atoms with Crippen molar-refractivity contribution in [3.8, 4) is 0 Å². The van der Waals surface area contributed by atoms with Crippen molar-refractivity contribution in [2.45, 2.75) is 32.6 Å². The number of aryl methyl sites for hydroxylation is 1. The predicted molar refractivity (Wildman–Crippen MR) is 50.5 cm³/mol. The normalized spacial score (nSPS) is 10.4. The van der Waals surface area contributed by atoms with Crippen LogP contribution >= 0.6 is 22.9 Å². The van der Waals surface area contributed by atoms with Crippen molar-refractivity contribution in [2.75, 3.05) is 0 Å². The van der Waals surface area contributed by atoms with Crippen LogP contribution in [-0.2, 0) is 6.42 Å². The molecule has 0 aliphatic rings. The highest BCUT2D eigenvalue weighted by molar-refractivity contribution is 14.1. The fraction of sp³-hybridized carbons (Fsp3) is 0.833. The zero-order chi connectivity index (χ0) is 8.10. The van der Waals surface area contributed by atoms with Crippen molar-refractivity contribution in [1.29, 1.82) is 0 Å². The topological polar surface area (TPSA) is 43.6 Å². The summed E-state index contributed by atoms with van der Waals surface area (Å²) in [5, 5.41) is 11.2. The van der Waals surface area contributed by atoms with Gasteiger partial charge in [0, 0.05) is 6.42 Å². The summed E-state index contributed by atoms with van der Waals surface area (Å²) in [4.78, 5) is 0. The van der Waals surface area contributed by atoms with Gasteiger partial charge in [0.1, 0.15) is 0 Å². The van der Waals surface area contributed by atoms with E-state index in [2.05, 4.69) is 45.3 Å². The highest BCUT2D eigenvalue weighted by atomic mass is 127. The third-order valence-corrected chi connectivity index (χ3v) is 2.25. The van der Waals surface area contributed by atoms with Gasteiger partial charge in [0.05, 0.1) is 22.9 Å². The standard InChI is InChI=1S/C6H11IN4/c1-2-3-4-5-6-8-9-10-11(6)7/h2-5H2,1H3. The number of rotatable bonds is 4. The summed E-state index contributed by atoms with van der Waals surface area (Å²) in [7, 11) is 0. The second kappa shape index (κ2) is 4.63. The van der Waals surface area contributed by atoms with Crippen LogP contribution in [0.2, 0.25) is 0 Å². The molecule has 1 rings (SSSR count). The fourth-order valence-corrected chi connectivity index (χ4v) is 1.29. The lowest BCUT2D eigenvalue weighted by Gasteiger charge is -1.94. The van der Waals surface area contributed by atoms with E-state index in [1.165, 1.54) is 19.3 Å². The summed E-state index contributed by atoms with van der Waals surface area (Å²) in [5.74, 6) is 0.971. The Morgan fingerprint density at radius 2 is 2.27 bits per heavy atom. The van der Waals surface area contributed by atoms with Gasteiger partial charge in [-0.05, 0) is 16.8 Å². The highest BCUT2D eigenvalue weighted by Gasteiger charge is 2.00. The Morgan fingerprint density at radius 3 is 2.82 bits per heavy atom. The van der Waals surface area contributed by atoms with Gasteiger partial charge in [0.2, 0.25) is 0 Å². The van der Waals surface area contributed by atoms with Crippen molar-refractivity contribution < 1.29 is 0 Å². The van der Waals surface area contributed by atoms with Crippen molar-refractivity contribution in [3.05, 3.63) is 5.82 Å². The molecule has 1 aromatic rings. The van der Waals surface area contributed by atoms with Crippen LogP contribution < -0.4 is 0 Å². The van der Waals surface area contributed by atoms with Gasteiger partial charge in [0.25, 0.3) is 0 Å². The van der Waals surface area contributed by atoms with Crippen LogP contribution in [0.3, 0.4) is 0 Å². The van der Waals surface area contributed by atoms with Gasteiger partial charge >= 0.3 is 0 Å². The number of unbranched alkanes of at least 4 members (excludes halogenated alkanes) is 2. The van der Waals surface area contributed by atoms with Crippen LogP contribution in [0, 0.1) is 0 Å². The maximum Gasteiger partial charge on any atom is 0.162 e. The molecule has 0 fully saturated rings. The van der Waals surface area contributed by atoms with E-state index in [9.17, 15) is 0 Å². The number of hydrogen-bond acceptors (Lipinski definition) is 3. The molecule has 0 saturated heterocycles. The Bertz CT molecular complexity index is 210. The number of halogens is 1. The lowest BCUT2D eigenvalue weighted by molar-refractivity contribution is 0.692. The molecule has 0 unspecified atom stereocenters. The molecule has 0 aliphatic heterocycles.